The van der Waals surface area contributed by atoms with E-state index in [-0.39, 0.29) is 11.8 Å². The van der Waals surface area contributed by atoms with E-state index >= 15 is 0 Å². The highest BCUT2D eigenvalue weighted by molar-refractivity contribution is 9.10. The second-order valence-corrected chi connectivity index (χ2v) is 7.02. The molecular formula is C22H19BrN2O2. The molecule has 4 nitrogen and oxygen atoms in total. The largest absolute Gasteiger partial charge is 0.348 e. The van der Waals surface area contributed by atoms with Crippen LogP contribution in [0.15, 0.2) is 77.3 Å². The van der Waals surface area contributed by atoms with Gasteiger partial charge in [0.05, 0.1) is 0 Å². The summed E-state index contributed by atoms with van der Waals surface area (Å²) in [5.41, 5.74) is 3.70. The van der Waals surface area contributed by atoms with Crippen molar-refractivity contribution in [3.8, 4) is 0 Å². The van der Waals surface area contributed by atoms with Crippen LogP contribution in [0.3, 0.4) is 0 Å². The molecule has 3 rings (SSSR count). The molecule has 0 saturated heterocycles. The number of amides is 2. The van der Waals surface area contributed by atoms with Gasteiger partial charge in [-0.05, 0) is 48.4 Å². The van der Waals surface area contributed by atoms with Gasteiger partial charge in [-0.2, -0.15) is 0 Å². The van der Waals surface area contributed by atoms with Gasteiger partial charge in [0.25, 0.3) is 11.8 Å². The number of halogens is 1. The van der Waals surface area contributed by atoms with Crippen LogP contribution in [0, 0.1) is 6.92 Å². The number of benzene rings is 3. The van der Waals surface area contributed by atoms with Crippen molar-refractivity contribution in [3.63, 3.8) is 0 Å². The summed E-state index contributed by atoms with van der Waals surface area (Å²) >= 11 is 3.43. The molecule has 3 aromatic rings. The Morgan fingerprint density at radius 1 is 0.852 bits per heavy atom. The van der Waals surface area contributed by atoms with E-state index in [1.54, 1.807) is 36.4 Å². The molecule has 2 amide bonds. The van der Waals surface area contributed by atoms with E-state index in [0.717, 1.165) is 15.6 Å². The van der Waals surface area contributed by atoms with Crippen LogP contribution in [-0.4, -0.2) is 11.8 Å². The number of anilines is 1. The predicted molar refractivity (Wildman–Crippen MR) is 111 cm³/mol. The lowest BCUT2D eigenvalue weighted by molar-refractivity contribution is 0.0949. The van der Waals surface area contributed by atoms with Crippen molar-refractivity contribution in [2.24, 2.45) is 0 Å². The van der Waals surface area contributed by atoms with Gasteiger partial charge in [-0.3, -0.25) is 9.59 Å². The van der Waals surface area contributed by atoms with Crippen LogP contribution in [0.25, 0.3) is 0 Å². The molecule has 0 aliphatic rings. The van der Waals surface area contributed by atoms with E-state index in [1.807, 2.05) is 43.3 Å². The number of hydrogen-bond donors (Lipinski definition) is 2. The summed E-state index contributed by atoms with van der Waals surface area (Å²) in [7, 11) is 0. The smallest absolute Gasteiger partial charge is 0.255 e. The highest BCUT2D eigenvalue weighted by Crippen LogP contribution is 2.19. The van der Waals surface area contributed by atoms with Crippen molar-refractivity contribution in [1.29, 1.82) is 0 Å². The van der Waals surface area contributed by atoms with Crippen LogP contribution in [-0.2, 0) is 6.54 Å². The van der Waals surface area contributed by atoms with Gasteiger partial charge in [0.1, 0.15) is 0 Å². The molecule has 0 spiro atoms. The van der Waals surface area contributed by atoms with Crippen LogP contribution in [0.1, 0.15) is 31.8 Å². The van der Waals surface area contributed by atoms with Crippen LogP contribution < -0.4 is 10.6 Å². The minimum absolute atomic E-state index is 0.187. The average molecular weight is 423 g/mol. The van der Waals surface area contributed by atoms with Crippen molar-refractivity contribution in [1.82, 2.24) is 5.32 Å². The second-order valence-electron chi connectivity index (χ2n) is 6.17. The summed E-state index contributed by atoms with van der Waals surface area (Å²) in [6.45, 7) is 2.41. The molecule has 136 valence electrons. The Hall–Kier alpha value is -2.92. The molecule has 0 saturated carbocycles. The van der Waals surface area contributed by atoms with Gasteiger partial charge in [-0.1, -0.05) is 58.4 Å². The summed E-state index contributed by atoms with van der Waals surface area (Å²) in [6.07, 6.45) is 0. The first kappa shape index (κ1) is 18.9. The number of hydrogen-bond acceptors (Lipinski definition) is 2. The van der Waals surface area contributed by atoms with Gasteiger partial charge in [0, 0.05) is 27.8 Å². The zero-order chi connectivity index (χ0) is 19.2. The third-order valence-corrected chi connectivity index (χ3v) is 4.97. The normalized spacial score (nSPS) is 10.3. The summed E-state index contributed by atoms with van der Waals surface area (Å²) < 4.78 is 0.879. The molecule has 0 bridgehead atoms. The molecule has 0 aromatic heterocycles. The van der Waals surface area contributed by atoms with Crippen LogP contribution in [0.5, 0.6) is 0 Å². The van der Waals surface area contributed by atoms with Crippen molar-refractivity contribution in [2.45, 2.75) is 13.5 Å². The van der Waals surface area contributed by atoms with E-state index in [2.05, 4.69) is 26.6 Å². The van der Waals surface area contributed by atoms with E-state index in [4.69, 9.17) is 0 Å². The van der Waals surface area contributed by atoms with E-state index in [9.17, 15) is 9.59 Å². The van der Waals surface area contributed by atoms with E-state index in [1.165, 1.54) is 0 Å². The topological polar surface area (TPSA) is 58.2 Å². The Morgan fingerprint density at radius 3 is 2.33 bits per heavy atom. The lowest BCUT2D eigenvalue weighted by Crippen LogP contribution is -2.23. The third-order valence-electron chi connectivity index (χ3n) is 4.11. The molecule has 0 unspecified atom stereocenters. The predicted octanol–water partition coefficient (Wildman–Crippen LogP) is 4.94. The standard InChI is InChI=1S/C22H19BrN2O2/c1-15-10-11-18(13-20(15)23)22(27)25-19-9-5-8-17(12-19)21(26)24-14-16-6-3-2-4-7-16/h2-13H,14H2,1H3,(H,24,26)(H,25,27). The van der Waals surface area contributed by atoms with Crippen LogP contribution >= 0.6 is 15.9 Å². The first-order valence-corrected chi connectivity index (χ1v) is 9.32. The van der Waals surface area contributed by atoms with Crippen molar-refractivity contribution < 1.29 is 9.59 Å². The second kappa shape index (κ2) is 8.64. The fourth-order valence-electron chi connectivity index (χ4n) is 2.56. The molecule has 27 heavy (non-hydrogen) atoms. The Kier molecular flexibility index (Phi) is 6.04. The Balaban J connectivity index is 1.66. The lowest BCUT2D eigenvalue weighted by atomic mass is 10.1. The van der Waals surface area contributed by atoms with Gasteiger partial charge in [0.15, 0.2) is 0 Å². The zero-order valence-corrected chi connectivity index (χ0v) is 16.4. The maximum Gasteiger partial charge on any atom is 0.255 e. The maximum atomic E-state index is 12.4. The van der Waals surface area contributed by atoms with Gasteiger partial charge >= 0.3 is 0 Å². The zero-order valence-electron chi connectivity index (χ0n) is 14.8. The van der Waals surface area contributed by atoms with E-state index < -0.39 is 0 Å². The highest BCUT2D eigenvalue weighted by atomic mass is 79.9. The number of carbonyl (C=O) groups is 2. The van der Waals surface area contributed by atoms with Gasteiger partial charge in [-0.15, -0.1) is 0 Å². The number of carbonyl (C=O) groups excluding carboxylic acids is 2. The SMILES string of the molecule is Cc1ccc(C(=O)Nc2cccc(C(=O)NCc3ccccc3)c2)cc1Br. The molecule has 0 radical (unpaired) electrons. The molecule has 0 aliphatic heterocycles. The average Bonchev–Trinajstić information content (AvgIpc) is 2.69. The molecule has 0 atom stereocenters. The molecule has 3 aromatic carbocycles. The number of nitrogens with one attached hydrogen (secondary N) is 2. The van der Waals surface area contributed by atoms with Gasteiger partial charge < -0.3 is 10.6 Å². The maximum absolute atomic E-state index is 12.4. The summed E-state index contributed by atoms with van der Waals surface area (Å²) in [5, 5.41) is 5.72. The molecule has 0 aliphatic carbocycles. The monoisotopic (exact) mass is 422 g/mol. The Morgan fingerprint density at radius 2 is 1.59 bits per heavy atom. The first-order valence-electron chi connectivity index (χ1n) is 8.52. The summed E-state index contributed by atoms with van der Waals surface area (Å²) in [4.78, 5) is 24.8. The third kappa shape index (κ3) is 5.05. The Bertz CT molecular complexity index is 971. The first-order chi connectivity index (χ1) is 13.0. The number of aryl methyl sites for hydroxylation is 1. The highest BCUT2D eigenvalue weighted by Gasteiger charge is 2.10. The minimum atomic E-state index is -0.224. The molecule has 0 heterocycles. The quantitative estimate of drug-likeness (QED) is 0.611. The lowest BCUT2D eigenvalue weighted by Gasteiger charge is -2.09. The van der Waals surface area contributed by atoms with Crippen molar-refractivity contribution in [3.05, 3.63) is 99.5 Å². The number of rotatable bonds is 5. The van der Waals surface area contributed by atoms with Gasteiger partial charge in [-0.25, -0.2) is 0 Å². The van der Waals surface area contributed by atoms with E-state index in [0.29, 0.717) is 23.4 Å². The van der Waals surface area contributed by atoms with Gasteiger partial charge in [0.2, 0.25) is 0 Å². The molecular weight excluding hydrogens is 404 g/mol. The fourth-order valence-corrected chi connectivity index (χ4v) is 2.93. The molecule has 0 fully saturated rings. The van der Waals surface area contributed by atoms with Crippen molar-refractivity contribution >= 4 is 33.4 Å². The molecule has 2 N–H and O–H groups in total. The van der Waals surface area contributed by atoms with Crippen LogP contribution in [0.4, 0.5) is 5.69 Å². The fraction of sp³-hybridized carbons (Fsp3) is 0.0909. The molecule has 5 heteroatoms. The van der Waals surface area contributed by atoms with Crippen LogP contribution in [0.2, 0.25) is 0 Å². The summed E-state index contributed by atoms with van der Waals surface area (Å²) in [6, 6.07) is 22.0. The Labute approximate surface area is 166 Å². The minimum Gasteiger partial charge on any atom is -0.348 e. The van der Waals surface area contributed by atoms with Crippen molar-refractivity contribution in [2.75, 3.05) is 5.32 Å². The summed E-state index contributed by atoms with van der Waals surface area (Å²) in [5.74, 6) is -0.412.